The molecule has 0 spiro atoms. The molecule has 1 aromatic heterocycles. The van der Waals surface area contributed by atoms with E-state index in [2.05, 4.69) is 30.8 Å². The molecule has 1 aliphatic heterocycles. The second kappa shape index (κ2) is 2.79. The number of aromatic nitrogens is 2. The monoisotopic (exact) mass is 203 g/mol. The van der Waals surface area contributed by atoms with Gasteiger partial charge in [0.1, 0.15) is 5.82 Å². The molecule has 3 nitrogen and oxygen atoms in total. The smallest absolute Gasteiger partial charge is 0.131 e. The van der Waals surface area contributed by atoms with Crippen molar-refractivity contribution in [3.05, 3.63) is 23.3 Å². The number of hydrogen-bond donors (Lipinski definition) is 0. The average molecular weight is 203 g/mol. The van der Waals surface area contributed by atoms with Crippen LogP contribution in [0, 0.1) is 0 Å². The molecule has 1 saturated carbocycles. The first-order chi connectivity index (χ1) is 7.09. The minimum absolute atomic E-state index is 0.0713. The fourth-order valence-corrected chi connectivity index (χ4v) is 2.24. The van der Waals surface area contributed by atoms with Crippen molar-refractivity contribution in [3.8, 4) is 0 Å². The van der Waals surface area contributed by atoms with Gasteiger partial charge in [0.15, 0.2) is 0 Å². The molecule has 1 aromatic rings. The zero-order valence-corrected chi connectivity index (χ0v) is 9.62. The van der Waals surface area contributed by atoms with Crippen LogP contribution in [-0.2, 0) is 12.1 Å². The van der Waals surface area contributed by atoms with Gasteiger partial charge in [-0.15, -0.1) is 0 Å². The van der Waals surface area contributed by atoms with Crippen LogP contribution in [-0.4, -0.2) is 21.9 Å². The third-order valence-electron chi connectivity index (χ3n) is 3.77. The van der Waals surface area contributed by atoms with Crippen LogP contribution in [0.15, 0.2) is 6.20 Å². The third kappa shape index (κ3) is 1.29. The number of rotatable bonds is 1. The molecule has 2 aliphatic rings. The fraction of sp³-hybridized carbons (Fsp3) is 0.667. The van der Waals surface area contributed by atoms with E-state index in [1.54, 1.807) is 0 Å². The lowest BCUT2D eigenvalue weighted by molar-refractivity contribution is 0.174. The molecule has 15 heavy (non-hydrogen) atoms. The Morgan fingerprint density at radius 3 is 2.80 bits per heavy atom. The highest BCUT2D eigenvalue weighted by atomic mass is 15.2. The Kier molecular flexibility index (Phi) is 1.72. The Labute approximate surface area is 90.5 Å². The molecule has 0 atom stereocenters. The van der Waals surface area contributed by atoms with Crippen LogP contribution in [0.2, 0.25) is 0 Å². The van der Waals surface area contributed by atoms with Crippen molar-refractivity contribution in [1.82, 2.24) is 14.9 Å². The van der Waals surface area contributed by atoms with Gasteiger partial charge in [0.25, 0.3) is 0 Å². The third-order valence-corrected chi connectivity index (χ3v) is 3.77. The summed E-state index contributed by atoms with van der Waals surface area (Å²) in [5.41, 5.74) is 2.61. The van der Waals surface area contributed by atoms with E-state index in [0.29, 0.717) is 5.92 Å². The Morgan fingerprint density at radius 2 is 2.13 bits per heavy atom. The summed E-state index contributed by atoms with van der Waals surface area (Å²) in [6.45, 7) is 5.46. The number of fused-ring (bicyclic) bond motifs is 1. The molecule has 0 aromatic carbocycles. The maximum absolute atomic E-state index is 4.77. The van der Waals surface area contributed by atoms with E-state index in [-0.39, 0.29) is 5.54 Å². The first-order valence-electron chi connectivity index (χ1n) is 5.66. The molecular weight excluding hydrogens is 186 g/mol. The van der Waals surface area contributed by atoms with Gasteiger partial charge in [-0.05, 0) is 33.7 Å². The van der Waals surface area contributed by atoms with E-state index < -0.39 is 0 Å². The Balaban J connectivity index is 2.08. The van der Waals surface area contributed by atoms with E-state index in [1.165, 1.54) is 24.1 Å². The minimum Gasteiger partial charge on any atom is -0.291 e. The van der Waals surface area contributed by atoms with E-state index in [4.69, 9.17) is 4.98 Å². The lowest BCUT2D eigenvalue weighted by atomic mass is 10.0. The number of hydrogen-bond acceptors (Lipinski definition) is 3. The molecule has 1 aliphatic carbocycles. The molecular formula is C12H17N3. The summed E-state index contributed by atoms with van der Waals surface area (Å²) in [5.74, 6) is 1.72. The summed E-state index contributed by atoms with van der Waals surface area (Å²) in [7, 11) is 2.15. The first-order valence-corrected chi connectivity index (χ1v) is 5.66. The zero-order chi connectivity index (χ0) is 10.6. The minimum atomic E-state index is 0.0713. The maximum Gasteiger partial charge on any atom is 0.131 e. The molecule has 3 heteroatoms. The molecule has 80 valence electrons. The second-order valence-electron chi connectivity index (χ2n) is 5.29. The highest BCUT2D eigenvalue weighted by molar-refractivity contribution is 5.30. The van der Waals surface area contributed by atoms with E-state index in [9.17, 15) is 0 Å². The predicted molar refractivity (Wildman–Crippen MR) is 58.5 cm³/mol. The molecule has 0 saturated heterocycles. The van der Waals surface area contributed by atoms with Crippen LogP contribution in [0.5, 0.6) is 0 Å². The summed E-state index contributed by atoms with van der Waals surface area (Å²) in [6, 6.07) is 0. The van der Waals surface area contributed by atoms with Crippen molar-refractivity contribution in [2.45, 2.75) is 44.7 Å². The summed E-state index contributed by atoms with van der Waals surface area (Å²) < 4.78 is 0. The van der Waals surface area contributed by atoms with Crippen molar-refractivity contribution < 1.29 is 0 Å². The first kappa shape index (κ1) is 9.28. The maximum atomic E-state index is 4.77. The molecule has 1 fully saturated rings. The second-order valence-corrected chi connectivity index (χ2v) is 5.29. The SMILES string of the molecule is CN1Cc2cnc(C3CC3)nc2C1(C)C. The van der Waals surface area contributed by atoms with Crippen molar-refractivity contribution in [2.24, 2.45) is 0 Å². The number of nitrogens with zero attached hydrogens (tertiary/aromatic N) is 3. The van der Waals surface area contributed by atoms with Gasteiger partial charge in [0, 0.05) is 24.2 Å². The van der Waals surface area contributed by atoms with Gasteiger partial charge in [-0.25, -0.2) is 9.97 Å². The van der Waals surface area contributed by atoms with Crippen LogP contribution >= 0.6 is 0 Å². The van der Waals surface area contributed by atoms with Gasteiger partial charge in [0.05, 0.1) is 11.2 Å². The van der Waals surface area contributed by atoms with E-state index >= 15 is 0 Å². The zero-order valence-electron chi connectivity index (χ0n) is 9.62. The van der Waals surface area contributed by atoms with Crippen LogP contribution in [0.25, 0.3) is 0 Å². The highest BCUT2D eigenvalue weighted by Gasteiger charge is 2.38. The van der Waals surface area contributed by atoms with E-state index in [0.717, 1.165) is 12.4 Å². The van der Waals surface area contributed by atoms with Gasteiger partial charge in [0.2, 0.25) is 0 Å². The van der Waals surface area contributed by atoms with Gasteiger partial charge in [-0.3, -0.25) is 4.90 Å². The molecule has 2 heterocycles. The van der Waals surface area contributed by atoms with Crippen molar-refractivity contribution in [2.75, 3.05) is 7.05 Å². The molecule has 0 N–H and O–H groups in total. The van der Waals surface area contributed by atoms with E-state index in [1.807, 2.05) is 6.20 Å². The normalized spacial score (nSPS) is 24.2. The van der Waals surface area contributed by atoms with Gasteiger partial charge >= 0.3 is 0 Å². The van der Waals surface area contributed by atoms with Crippen LogP contribution in [0.4, 0.5) is 0 Å². The highest BCUT2D eigenvalue weighted by Crippen LogP contribution is 2.41. The van der Waals surface area contributed by atoms with Gasteiger partial charge in [-0.1, -0.05) is 0 Å². The Morgan fingerprint density at radius 1 is 1.40 bits per heavy atom. The predicted octanol–water partition coefficient (Wildman–Crippen LogP) is 2.03. The van der Waals surface area contributed by atoms with Crippen molar-refractivity contribution in [1.29, 1.82) is 0 Å². The van der Waals surface area contributed by atoms with Crippen molar-refractivity contribution in [3.63, 3.8) is 0 Å². The molecule has 0 amide bonds. The Bertz CT molecular complexity index is 407. The largest absolute Gasteiger partial charge is 0.291 e. The van der Waals surface area contributed by atoms with Crippen LogP contribution in [0.1, 0.15) is 49.7 Å². The molecule has 0 unspecified atom stereocenters. The Hall–Kier alpha value is -0.960. The van der Waals surface area contributed by atoms with Gasteiger partial charge in [-0.2, -0.15) is 0 Å². The topological polar surface area (TPSA) is 29.0 Å². The summed E-state index contributed by atoms with van der Waals surface area (Å²) in [5, 5.41) is 0. The molecule has 0 radical (unpaired) electrons. The molecule has 3 rings (SSSR count). The van der Waals surface area contributed by atoms with Crippen molar-refractivity contribution >= 4 is 0 Å². The standard InChI is InChI=1S/C12H17N3/c1-12(2)10-9(7-15(12)3)6-13-11(14-10)8-4-5-8/h6,8H,4-5,7H2,1-3H3. The van der Waals surface area contributed by atoms with Crippen LogP contribution in [0.3, 0.4) is 0 Å². The molecule has 0 bridgehead atoms. The lowest BCUT2D eigenvalue weighted by Crippen LogP contribution is -2.32. The quantitative estimate of drug-likeness (QED) is 0.699. The fourth-order valence-electron chi connectivity index (χ4n) is 2.24. The summed E-state index contributed by atoms with van der Waals surface area (Å²) in [6.07, 6.45) is 4.57. The van der Waals surface area contributed by atoms with Crippen LogP contribution < -0.4 is 0 Å². The average Bonchev–Trinajstić information content (AvgIpc) is 2.98. The lowest BCUT2D eigenvalue weighted by Gasteiger charge is -2.27. The van der Waals surface area contributed by atoms with Gasteiger partial charge < -0.3 is 0 Å². The summed E-state index contributed by atoms with van der Waals surface area (Å²) >= 11 is 0. The summed E-state index contributed by atoms with van der Waals surface area (Å²) in [4.78, 5) is 11.6.